The highest BCUT2D eigenvalue weighted by Crippen LogP contribution is 2.19. The van der Waals surface area contributed by atoms with E-state index < -0.39 is 9.84 Å². The lowest BCUT2D eigenvalue weighted by molar-refractivity contribution is 0.0587. The van der Waals surface area contributed by atoms with E-state index in [9.17, 15) is 13.2 Å². The standard InChI is InChI=1S/C15H21N3O3S/c1-12-2-3-13(10-16-12)15(19)18-7-5-17(6-8-18)14-4-9-22(20,21)11-14/h2-3,10,14H,4-9,11H2,1H3. The number of carbonyl (C=O) groups excluding carboxylic acids is 1. The summed E-state index contributed by atoms with van der Waals surface area (Å²) in [5.74, 6) is 0.570. The quantitative estimate of drug-likeness (QED) is 0.785. The van der Waals surface area contributed by atoms with Gasteiger partial charge in [-0.1, -0.05) is 0 Å². The number of nitrogens with zero attached hydrogens (tertiary/aromatic N) is 3. The van der Waals surface area contributed by atoms with E-state index in [0.29, 0.717) is 24.4 Å². The minimum Gasteiger partial charge on any atom is -0.336 e. The van der Waals surface area contributed by atoms with E-state index >= 15 is 0 Å². The highest BCUT2D eigenvalue weighted by Gasteiger charge is 2.34. The van der Waals surface area contributed by atoms with Gasteiger partial charge in [-0.3, -0.25) is 14.7 Å². The van der Waals surface area contributed by atoms with Gasteiger partial charge in [0.05, 0.1) is 17.1 Å². The number of rotatable bonds is 2. The first kappa shape index (κ1) is 15.4. The fourth-order valence-corrected chi connectivity index (χ4v) is 4.89. The first-order valence-corrected chi connectivity index (χ1v) is 9.43. The van der Waals surface area contributed by atoms with Crippen molar-refractivity contribution in [1.82, 2.24) is 14.8 Å². The highest BCUT2D eigenvalue weighted by atomic mass is 32.2. The lowest BCUT2D eigenvalue weighted by Crippen LogP contribution is -2.52. The predicted molar refractivity (Wildman–Crippen MR) is 83.5 cm³/mol. The summed E-state index contributed by atoms with van der Waals surface area (Å²) in [5.41, 5.74) is 1.51. The molecule has 1 aromatic heterocycles. The van der Waals surface area contributed by atoms with Crippen LogP contribution in [0.4, 0.5) is 0 Å². The molecule has 3 heterocycles. The molecule has 1 amide bonds. The molecule has 1 aromatic rings. The van der Waals surface area contributed by atoms with Crippen LogP contribution >= 0.6 is 0 Å². The molecule has 2 saturated heterocycles. The van der Waals surface area contributed by atoms with E-state index in [4.69, 9.17) is 0 Å². The molecule has 0 N–H and O–H groups in total. The van der Waals surface area contributed by atoms with Crippen LogP contribution < -0.4 is 0 Å². The Balaban J connectivity index is 1.57. The number of sulfone groups is 1. The zero-order valence-electron chi connectivity index (χ0n) is 12.7. The maximum absolute atomic E-state index is 12.4. The molecular formula is C15H21N3O3S. The van der Waals surface area contributed by atoms with Crippen molar-refractivity contribution in [1.29, 1.82) is 0 Å². The molecule has 2 fully saturated rings. The molecule has 2 aliphatic rings. The second-order valence-electron chi connectivity index (χ2n) is 6.07. The Morgan fingerprint density at radius 2 is 1.95 bits per heavy atom. The van der Waals surface area contributed by atoms with Crippen LogP contribution in [0.3, 0.4) is 0 Å². The third-order valence-electron chi connectivity index (χ3n) is 4.48. The Morgan fingerprint density at radius 1 is 1.23 bits per heavy atom. The van der Waals surface area contributed by atoms with E-state index in [1.807, 2.05) is 17.9 Å². The topological polar surface area (TPSA) is 70.6 Å². The number of aromatic nitrogens is 1. The molecule has 120 valence electrons. The molecule has 1 unspecified atom stereocenters. The summed E-state index contributed by atoms with van der Waals surface area (Å²) in [7, 11) is -2.85. The second kappa shape index (κ2) is 5.96. The minimum absolute atomic E-state index is 0.00573. The van der Waals surface area contributed by atoms with Gasteiger partial charge in [0.15, 0.2) is 9.84 Å². The third-order valence-corrected chi connectivity index (χ3v) is 6.23. The molecule has 2 aliphatic heterocycles. The monoisotopic (exact) mass is 323 g/mol. The van der Waals surface area contributed by atoms with Gasteiger partial charge in [0.25, 0.3) is 5.91 Å². The van der Waals surface area contributed by atoms with Crippen LogP contribution in [0.25, 0.3) is 0 Å². The third kappa shape index (κ3) is 3.30. The van der Waals surface area contributed by atoms with Gasteiger partial charge in [-0.25, -0.2) is 8.42 Å². The molecule has 0 aliphatic carbocycles. The van der Waals surface area contributed by atoms with Gasteiger partial charge in [0.1, 0.15) is 0 Å². The molecule has 7 heteroatoms. The van der Waals surface area contributed by atoms with Crippen molar-refractivity contribution in [2.45, 2.75) is 19.4 Å². The molecule has 3 rings (SSSR count). The van der Waals surface area contributed by atoms with Gasteiger partial charge in [-0.2, -0.15) is 0 Å². The van der Waals surface area contributed by atoms with E-state index in [-0.39, 0.29) is 17.7 Å². The maximum Gasteiger partial charge on any atom is 0.255 e. The largest absolute Gasteiger partial charge is 0.336 e. The number of piperazine rings is 1. The number of carbonyl (C=O) groups is 1. The lowest BCUT2D eigenvalue weighted by atomic mass is 10.1. The van der Waals surface area contributed by atoms with Crippen LogP contribution in [-0.2, 0) is 9.84 Å². The van der Waals surface area contributed by atoms with Crippen LogP contribution in [0.5, 0.6) is 0 Å². The SMILES string of the molecule is Cc1ccc(C(=O)N2CCN(C3CCS(=O)(=O)C3)CC2)cn1. The predicted octanol–water partition coefficient (Wildman–Crippen LogP) is 0.335. The Kier molecular flexibility index (Phi) is 4.18. The van der Waals surface area contributed by atoms with E-state index in [0.717, 1.165) is 25.2 Å². The van der Waals surface area contributed by atoms with Crippen molar-refractivity contribution in [2.75, 3.05) is 37.7 Å². The lowest BCUT2D eigenvalue weighted by Gasteiger charge is -2.37. The molecule has 0 saturated carbocycles. The summed E-state index contributed by atoms with van der Waals surface area (Å²) in [5, 5.41) is 0. The van der Waals surface area contributed by atoms with Gasteiger partial charge >= 0.3 is 0 Å². The fraction of sp³-hybridized carbons (Fsp3) is 0.600. The van der Waals surface area contributed by atoms with Crippen molar-refractivity contribution in [2.24, 2.45) is 0 Å². The van der Waals surface area contributed by atoms with Crippen LogP contribution in [0, 0.1) is 6.92 Å². The van der Waals surface area contributed by atoms with E-state index in [1.165, 1.54) is 0 Å². The van der Waals surface area contributed by atoms with Crippen LogP contribution in [0.2, 0.25) is 0 Å². The Bertz CT molecular complexity index is 649. The van der Waals surface area contributed by atoms with E-state index in [1.54, 1.807) is 12.3 Å². The van der Waals surface area contributed by atoms with Crippen molar-refractivity contribution in [3.63, 3.8) is 0 Å². The van der Waals surface area contributed by atoms with Gasteiger partial charge in [0, 0.05) is 44.1 Å². The van der Waals surface area contributed by atoms with Gasteiger partial charge < -0.3 is 4.90 Å². The molecule has 6 nitrogen and oxygen atoms in total. The summed E-state index contributed by atoms with van der Waals surface area (Å²) in [6, 6.07) is 3.77. The molecule has 22 heavy (non-hydrogen) atoms. The van der Waals surface area contributed by atoms with Crippen LogP contribution in [-0.4, -0.2) is 72.8 Å². The minimum atomic E-state index is -2.85. The average molecular weight is 323 g/mol. The van der Waals surface area contributed by atoms with Crippen molar-refractivity contribution in [3.8, 4) is 0 Å². The highest BCUT2D eigenvalue weighted by molar-refractivity contribution is 7.91. The van der Waals surface area contributed by atoms with E-state index in [2.05, 4.69) is 9.88 Å². The van der Waals surface area contributed by atoms with Gasteiger partial charge in [-0.15, -0.1) is 0 Å². The normalized spacial score (nSPS) is 25.3. The van der Waals surface area contributed by atoms with Crippen molar-refractivity contribution >= 4 is 15.7 Å². The Hall–Kier alpha value is -1.47. The molecule has 0 bridgehead atoms. The maximum atomic E-state index is 12.4. The number of aryl methyl sites for hydroxylation is 1. The molecule has 0 spiro atoms. The summed E-state index contributed by atoms with van der Waals surface area (Å²) >= 11 is 0. The zero-order valence-corrected chi connectivity index (χ0v) is 13.6. The smallest absolute Gasteiger partial charge is 0.255 e. The first-order chi connectivity index (χ1) is 10.4. The van der Waals surface area contributed by atoms with Gasteiger partial charge in [-0.05, 0) is 25.5 Å². The summed E-state index contributed by atoms with van der Waals surface area (Å²) in [6.07, 6.45) is 2.34. The van der Waals surface area contributed by atoms with Gasteiger partial charge in [0.2, 0.25) is 0 Å². The zero-order chi connectivity index (χ0) is 15.7. The first-order valence-electron chi connectivity index (χ1n) is 7.61. The molecule has 1 atom stereocenters. The number of hydrogen-bond donors (Lipinski definition) is 0. The summed E-state index contributed by atoms with van der Waals surface area (Å²) in [6.45, 7) is 4.66. The average Bonchev–Trinajstić information content (AvgIpc) is 2.88. The molecular weight excluding hydrogens is 302 g/mol. The van der Waals surface area contributed by atoms with Crippen LogP contribution in [0.15, 0.2) is 18.3 Å². The summed E-state index contributed by atoms with van der Waals surface area (Å²) < 4.78 is 23.1. The molecule has 0 aromatic carbocycles. The van der Waals surface area contributed by atoms with Crippen molar-refractivity contribution < 1.29 is 13.2 Å². The Morgan fingerprint density at radius 3 is 2.50 bits per heavy atom. The number of pyridine rings is 1. The Labute approximate surface area is 131 Å². The molecule has 0 radical (unpaired) electrons. The van der Waals surface area contributed by atoms with Crippen molar-refractivity contribution in [3.05, 3.63) is 29.6 Å². The fourth-order valence-electron chi connectivity index (χ4n) is 3.13. The number of amides is 1. The van der Waals surface area contributed by atoms with Crippen LogP contribution in [0.1, 0.15) is 22.5 Å². The second-order valence-corrected chi connectivity index (χ2v) is 8.30. The summed E-state index contributed by atoms with van der Waals surface area (Å²) in [4.78, 5) is 20.6. The number of hydrogen-bond acceptors (Lipinski definition) is 5.